The SMILES string of the molecule is CCOC(=O)c1c(C)n(Cc2ccccc2)c2ccc([N+](=O)[O-])cc12. The second-order valence-corrected chi connectivity index (χ2v) is 5.71. The number of esters is 1. The van der Waals surface area contributed by atoms with Crippen molar-refractivity contribution < 1.29 is 14.5 Å². The van der Waals surface area contributed by atoms with Gasteiger partial charge < -0.3 is 9.30 Å². The molecule has 0 spiro atoms. The molecule has 0 atom stereocenters. The molecule has 0 aliphatic heterocycles. The van der Waals surface area contributed by atoms with Gasteiger partial charge in [0.25, 0.3) is 5.69 Å². The summed E-state index contributed by atoms with van der Waals surface area (Å²) in [5.74, 6) is -0.461. The van der Waals surface area contributed by atoms with Gasteiger partial charge in [0.15, 0.2) is 0 Å². The van der Waals surface area contributed by atoms with Gasteiger partial charge in [0.2, 0.25) is 0 Å². The van der Waals surface area contributed by atoms with Crippen molar-refractivity contribution in [1.29, 1.82) is 0 Å². The highest BCUT2D eigenvalue weighted by Crippen LogP contribution is 2.30. The van der Waals surface area contributed by atoms with Gasteiger partial charge in [-0.1, -0.05) is 30.3 Å². The van der Waals surface area contributed by atoms with Crippen LogP contribution in [0.25, 0.3) is 10.9 Å². The minimum absolute atomic E-state index is 0.0464. The summed E-state index contributed by atoms with van der Waals surface area (Å²) in [5.41, 5.74) is 2.93. The third kappa shape index (κ3) is 3.10. The second-order valence-electron chi connectivity index (χ2n) is 5.71. The largest absolute Gasteiger partial charge is 0.462 e. The summed E-state index contributed by atoms with van der Waals surface area (Å²) in [6, 6.07) is 14.4. The maximum absolute atomic E-state index is 12.4. The maximum Gasteiger partial charge on any atom is 0.340 e. The Labute approximate surface area is 144 Å². The van der Waals surface area contributed by atoms with E-state index in [0.717, 1.165) is 16.8 Å². The molecule has 0 aliphatic carbocycles. The number of nitrogens with zero attached hydrogens (tertiary/aromatic N) is 2. The molecule has 0 N–H and O–H groups in total. The second kappa shape index (κ2) is 6.76. The molecule has 0 amide bonds. The first-order chi connectivity index (χ1) is 12.0. The zero-order valence-electron chi connectivity index (χ0n) is 14.1. The van der Waals surface area contributed by atoms with Crippen molar-refractivity contribution in [2.75, 3.05) is 6.61 Å². The number of hydrogen-bond donors (Lipinski definition) is 0. The van der Waals surface area contributed by atoms with Crippen molar-refractivity contribution in [2.24, 2.45) is 0 Å². The van der Waals surface area contributed by atoms with Crippen molar-refractivity contribution in [3.63, 3.8) is 0 Å². The number of nitro benzene ring substituents is 1. The topological polar surface area (TPSA) is 74.4 Å². The third-order valence-electron chi connectivity index (χ3n) is 4.18. The van der Waals surface area contributed by atoms with E-state index in [2.05, 4.69) is 0 Å². The lowest BCUT2D eigenvalue weighted by Gasteiger charge is -2.09. The molecule has 6 nitrogen and oxygen atoms in total. The van der Waals surface area contributed by atoms with Gasteiger partial charge in [-0.25, -0.2) is 4.79 Å². The molecule has 3 aromatic rings. The smallest absolute Gasteiger partial charge is 0.340 e. The van der Waals surface area contributed by atoms with Crippen LogP contribution in [0, 0.1) is 17.0 Å². The van der Waals surface area contributed by atoms with Crippen LogP contribution in [0.1, 0.15) is 28.5 Å². The van der Waals surface area contributed by atoms with E-state index < -0.39 is 10.9 Å². The van der Waals surface area contributed by atoms with Gasteiger partial charge in [-0.05, 0) is 25.5 Å². The fourth-order valence-electron chi connectivity index (χ4n) is 3.01. The van der Waals surface area contributed by atoms with Gasteiger partial charge in [0.1, 0.15) is 0 Å². The van der Waals surface area contributed by atoms with Gasteiger partial charge in [-0.3, -0.25) is 10.1 Å². The number of rotatable bonds is 5. The normalized spacial score (nSPS) is 10.8. The van der Waals surface area contributed by atoms with Crippen LogP contribution >= 0.6 is 0 Å². The molecule has 0 radical (unpaired) electrons. The molecule has 0 fully saturated rings. The van der Waals surface area contributed by atoms with Crippen molar-refractivity contribution in [1.82, 2.24) is 4.57 Å². The molecule has 0 saturated heterocycles. The molecule has 6 heteroatoms. The Kier molecular flexibility index (Phi) is 4.52. The molecule has 0 aliphatic rings. The van der Waals surface area contributed by atoms with Crippen LogP contribution in [-0.2, 0) is 11.3 Å². The summed E-state index contributed by atoms with van der Waals surface area (Å²) >= 11 is 0. The Hall–Kier alpha value is -3.15. The first kappa shape index (κ1) is 16.7. The van der Waals surface area contributed by atoms with Crippen LogP contribution in [0.4, 0.5) is 5.69 Å². The number of carbonyl (C=O) groups is 1. The number of non-ortho nitro benzene ring substituents is 1. The highest BCUT2D eigenvalue weighted by Gasteiger charge is 2.23. The average molecular weight is 338 g/mol. The van der Waals surface area contributed by atoms with Gasteiger partial charge in [0, 0.05) is 35.3 Å². The molecule has 0 bridgehead atoms. The summed E-state index contributed by atoms with van der Waals surface area (Å²) in [4.78, 5) is 23.1. The van der Waals surface area contributed by atoms with E-state index in [1.54, 1.807) is 13.0 Å². The van der Waals surface area contributed by atoms with E-state index in [4.69, 9.17) is 4.74 Å². The Balaban J connectivity index is 2.21. The number of benzene rings is 2. The Bertz CT molecular complexity index is 945. The molecular weight excluding hydrogens is 320 g/mol. The molecule has 0 saturated carbocycles. The van der Waals surface area contributed by atoms with Gasteiger partial charge >= 0.3 is 5.97 Å². The zero-order chi connectivity index (χ0) is 18.0. The fraction of sp³-hybridized carbons (Fsp3) is 0.211. The Morgan fingerprint density at radius 3 is 2.56 bits per heavy atom. The lowest BCUT2D eigenvalue weighted by Crippen LogP contribution is -2.08. The molecule has 1 heterocycles. The highest BCUT2D eigenvalue weighted by molar-refractivity contribution is 6.06. The predicted octanol–water partition coefficient (Wildman–Crippen LogP) is 4.08. The number of aromatic nitrogens is 1. The number of carbonyl (C=O) groups excluding carboxylic acids is 1. The number of ether oxygens (including phenoxy) is 1. The van der Waals surface area contributed by atoms with Crippen molar-refractivity contribution in [3.05, 3.63) is 75.5 Å². The van der Waals surface area contributed by atoms with Crippen LogP contribution in [0.2, 0.25) is 0 Å². The Morgan fingerprint density at radius 2 is 1.92 bits per heavy atom. The molecular formula is C19H18N2O4. The molecule has 0 unspecified atom stereocenters. The number of nitro groups is 1. The summed E-state index contributed by atoms with van der Waals surface area (Å²) in [6.45, 7) is 4.39. The standard InChI is InChI=1S/C19H18N2O4/c1-3-25-19(22)18-13(2)20(12-14-7-5-4-6-8-14)17-10-9-15(21(23)24)11-16(17)18/h4-11H,3,12H2,1-2H3. The predicted molar refractivity (Wildman–Crippen MR) is 94.8 cm³/mol. The fourth-order valence-corrected chi connectivity index (χ4v) is 3.01. The average Bonchev–Trinajstić information content (AvgIpc) is 2.87. The van der Waals surface area contributed by atoms with Gasteiger partial charge in [-0.15, -0.1) is 0 Å². The molecule has 25 heavy (non-hydrogen) atoms. The lowest BCUT2D eigenvalue weighted by molar-refractivity contribution is -0.384. The van der Waals surface area contributed by atoms with Crippen LogP contribution in [0.3, 0.4) is 0 Å². The van der Waals surface area contributed by atoms with Crippen LogP contribution < -0.4 is 0 Å². The zero-order valence-corrected chi connectivity index (χ0v) is 14.1. The van der Waals surface area contributed by atoms with Gasteiger partial charge in [-0.2, -0.15) is 0 Å². The maximum atomic E-state index is 12.4. The Morgan fingerprint density at radius 1 is 1.20 bits per heavy atom. The molecule has 3 rings (SSSR count). The summed E-state index contributed by atoms with van der Waals surface area (Å²) in [5, 5.41) is 11.7. The van der Waals surface area contributed by atoms with E-state index in [0.29, 0.717) is 17.5 Å². The lowest BCUT2D eigenvalue weighted by atomic mass is 10.1. The van der Waals surface area contributed by atoms with E-state index in [1.807, 2.05) is 41.8 Å². The molecule has 1 aromatic heterocycles. The minimum atomic E-state index is -0.461. The summed E-state index contributed by atoms with van der Waals surface area (Å²) in [7, 11) is 0. The quantitative estimate of drug-likeness (QED) is 0.399. The van der Waals surface area contributed by atoms with Crippen molar-refractivity contribution in [3.8, 4) is 0 Å². The molecule has 128 valence electrons. The van der Waals surface area contributed by atoms with E-state index in [-0.39, 0.29) is 12.3 Å². The number of hydrogen-bond acceptors (Lipinski definition) is 4. The first-order valence-electron chi connectivity index (χ1n) is 8.01. The minimum Gasteiger partial charge on any atom is -0.462 e. The van der Waals surface area contributed by atoms with Crippen LogP contribution in [0.15, 0.2) is 48.5 Å². The summed E-state index contributed by atoms with van der Waals surface area (Å²) < 4.78 is 7.15. The molecule has 2 aromatic carbocycles. The van der Waals surface area contributed by atoms with Crippen molar-refractivity contribution >= 4 is 22.6 Å². The third-order valence-corrected chi connectivity index (χ3v) is 4.18. The van der Waals surface area contributed by atoms with E-state index in [1.165, 1.54) is 12.1 Å². The van der Waals surface area contributed by atoms with E-state index in [9.17, 15) is 14.9 Å². The van der Waals surface area contributed by atoms with Crippen LogP contribution in [-0.4, -0.2) is 22.1 Å². The number of fused-ring (bicyclic) bond motifs is 1. The van der Waals surface area contributed by atoms with Gasteiger partial charge in [0.05, 0.1) is 17.1 Å². The van der Waals surface area contributed by atoms with E-state index >= 15 is 0 Å². The monoisotopic (exact) mass is 338 g/mol. The summed E-state index contributed by atoms with van der Waals surface area (Å²) in [6.07, 6.45) is 0. The van der Waals surface area contributed by atoms with Crippen molar-refractivity contribution in [2.45, 2.75) is 20.4 Å². The van der Waals surface area contributed by atoms with Crippen LogP contribution in [0.5, 0.6) is 0 Å². The first-order valence-corrected chi connectivity index (χ1v) is 8.01. The highest BCUT2D eigenvalue weighted by atomic mass is 16.6.